The molecule has 0 aromatic carbocycles. The molecule has 1 unspecified atom stereocenters. The van der Waals surface area contributed by atoms with Gasteiger partial charge in [0.1, 0.15) is 0 Å². The van der Waals surface area contributed by atoms with Crippen LogP contribution in [0.5, 0.6) is 0 Å². The van der Waals surface area contributed by atoms with Crippen molar-refractivity contribution in [1.82, 2.24) is 9.80 Å². The topological polar surface area (TPSA) is 18.8 Å². The van der Waals surface area contributed by atoms with E-state index in [1.54, 1.807) is 0 Å². The van der Waals surface area contributed by atoms with Crippen LogP contribution in [0.25, 0.3) is 0 Å². The molecule has 0 bridgehead atoms. The van der Waals surface area contributed by atoms with E-state index in [2.05, 4.69) is 34.1 Å². The van der Waals surface area contributed by atoms with E-state index in [9.17, 15) is 0 Å². The van der Waals surface area contributed by atoms with Crippen LogP contribution in [0.1, 0.15) is 12.8 Å². The van der Waals surface area contributed by atoms with Gasteiger partial charge in [0.05, 0.1) is 0 Å². The zero-order valence-corrected chi connectivity index (χ0v) is 9.60. The monoisotopic (exact) mass is 207 g/mol. The Kier molecular flexibility index (Phi) is 3.92. The smallest absolute Gasteiger partial charge is 0.0224 e. The van der Waals surface area contributed by atoms with Crippen molar-refractivity contribution in [2.24, 2.45) is 10.9 Å². The third kappa shape index (κ3) is 3.43. The molecule has 1 saturated heterocycles. The first-order valence-corrected chi connectivity index (χ1v) is 5.94. The number of hydrogen-bond acceptors (Lipinski definition) is 3. The van der Waals surface area contributed by atoms with Gasteiger partial charge in [0.15, 0.2) is 0 Å². The van der Waals surface area contributed by atoms with E-state index in [4.69, 9.17) is 0 Å². The first-order chi connectivity index (χ1) is 7.34. The van der Waals surface area contributed by atoms with Crippen LogP contribution in [-0.2, 0) is 0 Å². The van der Waals surface area contributed by atoms with Crippen LogP contribution < -0.4 is 0 Å². The second kappa shape index (κ2) is 5.42. The Bertz CT molecular complexity index is 239. The lowest BCUT2D eigenvalue weighted by molar-refractivity contribution is 0.145. The van der Waals surface area contributed by atoms with Crippen molar-refractivity contribution in [2.45, 2.75) is 12.8 Å². The fourth-order valence-corrected chi connectivity index (χ4v) is 2.19. The molecule has 3 nitrogen and oxygen atoms in total. The van der Waals surface area contributed by atoms with Crippen molar-refractivity contribution in [3.8, 4) is 0 Å². The molecule has 15 heavy (non-hydrogen) atoms. The van der Waals surface area contributed by atoms with Crippen molar-refractivity contribution in [3.63, 3.8) is 0 Å². The number of aliphatic imine (C=N–C) groups is 1. The molecule has 2 aliphatic heterocycles. The number of allylic oxidation sites excluding steroid dienone is 1. The van der Waals surface area contributed by atoms with Crippen molar-refractivity contribution in [1.29, 1.82) is 0 Å². The molecule has 3 heteroatoms. The van der Waals surface area contributed by atoms with Gasteiger partial charge in [0.2, 0.25) is 0 Å². The van der Waals surface area contributed by atoms with Gasteiger partial charge >= 0.3 is 0 Å². The van der Waals surface area contributed by atoms with Gasteiger partial charge in [-0.05, 0) is 19.9 Å². The lowest BCUT2D eigenvalue weighted by Gasteiger charge is -2.33. The largest absolute Gasteiger partial charge is 0.304 e. The zero-order chi connectivity index (χ0) is 10.5. The normalized spacial score (nSPS) is 29.3. The molecule has 84 valence electrons. The minimum Gasteiger partial charge on any atom is -0.304 e. The average molecular weight is 207 g/mol. The molecule has 1 atom stereocenters. The fraction of sp³-hybridized carbons (Fsp3) is 0.750. The molecular formula is C12H21N3. The van der Waals surface area contributed by atoms with Crippen LogP contribution in [0.4, 0.5) is 0 Å². The Labute approximate surface area is 92.5 Å². The fourth-order valence-electron chi connectivity index (χ4n) is 2.19. The predicted molar refractivity (Wildman–Crippen MR) is 64.3 cm³/mol. The Morgan fingerprint density at radius 1 is 1.27 bits per heavy atom. The van der Waals surface area contributed by atoms with Gasteiger partial charge in [0.25, 0.3) is 0 Å². The molecule has 0 amide bonds. The number of rotatable bonds is 2. The first-order valence-electron chi connectivity index (χ1n) is 5.94. The van der Waals surface area contributed by atoms with Crippen LogP contribution in [-0.4, -0.2) is 55.8 Å². The van der Waals surface area contributed by atoms with Gasteiger partial charge in [-0.1, -0.05) is 6.08 Å². The van der Waals surface area contributed by atoms with Gasteiger partial charge in [-0.25, -0.2) is 0 Å². The van der Waals surface area contributed by atoms with Crippen LogP contribution >= 0.6 is 0 Å². The maximum absolute atomic E-state index is 4.29. The number of likely N-dealkylation sites (N-methyl/N-ethyl adjacent to an activating group) is 1. The van der Waals surface area contributed by atoms with E-state index in [0.717, 1.165) is 0 Å². The molecule has 0 aliphatic carbocycles. The van der Waals surface area contributed by atoms with E-state index < -0.39 is 0 Å². The number of piperazine rings is 1. The highest BCUT2D eigenvalue weighted by molar-refractivity contribution is 5.62. The molecule has 2 heterocycles. The van der Waals surface area contributed by atoms with E-state index in [-0.39, 0.29) is 0 Å². The SMILES string of the molecule is CN1CCN(CC2C=NC=CCC2)CC1. The molecule has 0 N–H and O–H groups in total. The number of hydrogen-bond donors (Lipinski definition) is 0. The minimum absolute atomic E-state index is 0.656. The summed E-state index contributed by atoms with van der Waals surface area (Å²) in [5.74, 6) is 0.656. The maximum Gasteiger partial charge on any atom is 0.0224 e. The highest BCUT2D eigenvalue weighted by Gasteiger charge is 2.17. The molecule has 0 aromatic rings. The third-order valence-corrected chi connectivity index (χ3v) is 3.28. The van der Waals surface area contributed by atoms with Crippen LogP contribution in [0.3, 0.4) is 0 Å². The van der Waals surface area contributed by atoms with E-state index >= 15 is 0 Å². The highest BCUT2D eigenvalue weighted by atomic mass is 15.2. The molecule has 2 aliphatic rings. The third-order valence-electron chi connectivity index (χ3n) is 3.28. The molecule has 0 aromatic heterocycles. The summed E-state index contributed by atoms with van der Waals surface area (Å²) in [5.41, 5.74) is 0. The predicted octanol–water partition coefficient (Wildman–Crippen LogP) is 1.23. The Morgan fingerprint density at radius 3 is 2.87 bits per heavy atom. The lowest BCUT2D eigenvalue weighted by atomic mass is 10.0. The summed E-state index contributed by atoms with van der Waals surface area (Å²) in [6, 6.07) is 0. The highest BCUT2D eigenvalue weighted by Crippen LogP contribution is 2.11. The average Bonchev–Trinajstić information content (AvgIpc) is 2.50. The van der Waals surface area contributed by atoms with Crippen LogP contribution in [0, 0.1) is 5.92 Å². The molecule has 0 saturated carbocycles. The van der Waals surface area contributed by atoms with Crippen molar-refractivity contribution < 1.29 is 0 Å². The van der Waals surface area contributed by atoms with Gasteiger partial charge in [-0.15, -0.1) is 0 Å². The van der Waals surface area contributed by atoms with Gasteiger partial charge in [0, 0.05) is 51.1 Å². The van der Waals surface area contributed by atoms with Crippen LogP contribution in [0.15, 0.2) is 17.3 Å². The summed E-state index contributed by atoms with van der Waals surface area (Å²) >= 11 is 0. The summed E-state index contributed by atoms with van der Waals surface area (Å²) in [6.07, 6.45) is 8.66. The first kappa shape index (κ1) is 10.8. The molecule has 1 fully saturated rings. The standard InChI is InChI=1S/C12H21N3/c1-14-6-8-15(9-7-14)11-12-4-2-3-5-13-10-12/h3,5,10,12H,2,4,6-9,11H2,1H3. The molecule has 0 spiro atoms. The molecule has 0 radical (unpaired) electrons. The van der Waals surface area contributed by atoms with E-state index in [1.807, 2.05) is 6.20 Å². The van der Waals surface area contributed by atoms with Gasteiger partial charge in [-0.3, -0.25) is 4.99 Å². The Hall–Kier alpha value is -0.670. The lowest BCUT2D eigenvalue weighted by Crippen LogP contribution is -2.46. The van der Waals surface area contributed by atoms with Crippen molar-refractivity contribution in [3.05, 3.63) is 12.3 Å². The second-order valence-electron chi connectivity index (χ2n) is 4.62. The van der Waals surface area contributed by atoms with Crippen molar-refractivity contribution >= 4 is 6.21 Å². The zero-order valence-electron chi connectivity index (χ0n) is 9.60. The van der Waals surface area contributed by atoms with Crippen molar-refractivity contribution in [2.75, 3.05) is 39.8 Å². The summed E-state index contributed by atoms with van der Waals surface area (Å²) in [6.45, 7) is 6.05. The Morgan fingerprint density at radius 2 is 2.07 bits per heavy atom. The second-order valence-corrected chi connectivity index (χ2v) is 4.62. The summed E-state index contributed by atoms with van der Waals surface area (Å²) in [4.78, 5) is 9.26. The quantitative estimate of drug-likeness (QED) is 0.678. The minimum atomic E-state index is 0.656. The summed E-state index contributed by atoms with van der Waals surface area (Å²) < 4.78 is 0. The number of nitrogens with zero attached hydrogens (tertiary/aromatic N) is 3. The maximum atomic E-state index is 4.29. The Balaban J connectivity index is 1.76. The summed E-state index contributed by atoms with van der Waals surface area (Å²) in [7, 11) is 2.20. The molecule has 2 rings (SSSR count). The van der Waals surface area contributed by atoms with E-state index in [1.165, 1.54) is 45.6 Å². The molecular weight excluding hydrogens is 186 g/mol. The van der Waals surface area contributed by atoms with Crippen LogP contribution in [0.2, 0.25) is 0 Å². The van der Waals surface area contributed by atoms with E-state index in [0.29, 0.717) is 5.92 Å². The van der Waals surface area contributed by atoms with Gasteiger partial charge < -0.3 is 9.80 Å². The summed E-state index contributed by atoms with van der Waals surface area (Å²) in [5, 5.41) is 0. The van der Waals surface area contributed by atoms with Gasteiger partial charge in [-0.2, -0.15) is 0 Å².